The van der Waals surface area contributed by atoms with Crippen LogP contribution in [0.25, 0.3) is 5.57 Å². The average Bonchev–Trinajstić information content (AvgIpc) is 3.12. The van der Waals surface area contributed by atoms with E-state index < -0.39 is 23.4 Å². The first-order valence-electron chi connectivity index (χ1n) is 7.95. The van der Waals surface area contributed by atoms with Crippen LogP contribution in [0.1, 0.15) is 30.1 Å². The van der Waals surface area contributed by atoms with Gasteiger partial charge < -0.3 is 10.3 Å². The van der Waals surface area contributed by atoms with Gasteiger partial charge in [-0.25, -0.2) is 0 Å². The zero-order valence-electron chi connectivity index (χ0n) is 13.7. The maximum atomic E-state index is 12.6. The van der Waals surface area contributed by atoms with Crippen LogP contribution in [-0.4, -0.2) is 16.0 Å². The molecule has 5 nitrogen and oxygen atoms in total. The maximum Gasteiger partial charge on any atom is 0.471 e. The van der Waals surface area contributed by atoms with Crippen molar-refractivity contribution in [1.29, 1.82) is 0 Å². The molecule has 0 bridgehead atoms. The van der Waals surface area contributed by atoms with Crippen molar-refractivity contribution in [3.8, 4) is 0 Å². The van der Waals surface area contributed by atoms with Gasteiger partial charge in [0.15, 0.2) is 0 Å². The fraction of sp³-hybridized carbons (Fsp3) is 0.278. The minimum absolute atomic E-state index is 0.172. The third kappa shape index (κ3) is 3.68. The number of hydrogen-bond donors (Lipinski definition) is 1. The third-order valence-corrected chi connectivity index (χ3v) is 4.39. The molecule has 8 heteroatoms. The number of primary amides is 1. The van der Waals surface area contributed by atoms with Gasteiger partial charge in [-0.2, -0.15) is 18.2 Å². The molecule has 1 aliphatic rings. The van der Waals surface area contributed by atoms with Crippen LogP contribution in [0.5, 0.6) is 0 Å². The largest absolute Gasteiger partial charge is 0.471 e. The highest BCUT2D eigenvalue weighted by Crippen LogP contribution is 2.37. The molecule has 1 atom stereocenters. The molecule has 136 valence electrons. The SMILES string of the molecule is NC(=O)C1(CCc2ccccc2)C=CC(c2noc(C(F)(F)F)n2)=CC1. The Balaban J connectivity index is 1.75. The molecule has 1 unspecified atom stereocenters. The summed E-state index contributed by atoms with van der Waals surface area (Å²) >= 11 is 0. The highest BCUT2D eigenvalue weighted by atomic mass is 19.4. The summed E-state index contributed by atoms with van der Waals surface area (Å²) < 4.78 is 41.9. The first kappa shape index (κ1) is 17.9. The van der Waals surface area contributed by atoms with Crippen LogP contribution in [0, 0.1) is 5.41 Å². The molecule has 1 aromatic heterocycles. The molecule has 26 heavy (non-hydrogen) atoms. The Labute approximate surface area is 147 Å². The second kappa shape index (κ2) is 6.78. The van der Waals surface area contributed by atoms with Gasteiger partial charge in [0, 0.05) is 5.57 Å². The molecular weight excluding hydrogens is 347 g/mol. The van der Waals surface area contributed by atoms with Crippen molar-refractivity contribution in [1.82, 2.24) is 10.1 Å². The van der Waals surface area contributed by atoms with E-state index in [1.54, 1.807) is 12.2 Å². The van der Waals surface area contributed by atoms with Crippen molar-refractivity contribution in [2.75, 3.05) is 0 Å². The highest BCUT2D eigenvalue weighted by molar-refractivity contribution is 5.86. The molecule has 3 rings (SSSR count). The molecule has 2 aromatic rings. The van der Waals surface area contributed by atoms with Gasteiger partial charge in [-0.3, -0.25) is 4.79 Å². The zero-order valence-corrected chi connectivity index (χ0v) is 13.7. The lowest BCUT2D eigenvalue weighted by molar-refractivity contribution is -0.159. The Morgan fingerprint density at radius 2 is 2.00 bits per heavy atom. The number of halogens is 3. The maximum absolute atomic E-state index is 12.6. The summed E-state index contributed by atoms with van der Waals surface area (Å²) in [6, 6.07) is 9.65. The lowest BCUT2D eigenvalue weighted by Gasteiger charge is -2.28. The van der Waals surface area contributed by atoms with Crippen LogP contribution < -0.4 is 5.73 Å². The molecule has 0 spiro atoms. The van der Waals surface area contributed by atoms with Gasteiger partial charge in [-0.05, 0) is 24.8 Å². The molecule has 0 radical (unpaired) electrons. The molecule has 0 aliphatic heterocycles. The van der Waals surface area contributed by atoms with Gasteiger partial charge in [0.25, 0.3) is 0 Å². The molecule has 2 N–H and O–H groups in total. The van der Waals surface area contributed by atoms with E-state index in [2.05, 4.69) is 14.7 Å². The summed E-state index contributed by atoms with van der Waals surface area (Å²) in [7, 11) is 0. The number of amides is 1. The smallest absolute Gasteiger partial charge is 0.369 e. The number of rotatable bonds is 5. The number of allylic oxidation sites excluding steroid dienone is 3. The number of aromatic nitrogens is 2. The van der Waals surface area contributed by atoms with Gasteiger partial charge in [-0.15, -0.1) is 0 Å². The topological polar surface area (TPSA) is 82.0 Å². The number of alkyl halides is 3. The van der Waals surface area contributed by atoms with E-state index in [9.17, 15) is 18.0 Å². The van der Waals surface area contributed by atoms with Crippen LogP contribution in [0.4, 0.5) is 13.2 Å². The molecule has 1 amide bonds. The summed E-state index contributed by atoms with van der Waals surface area (Å²) in [4.78, 5) is 15.4. The number of nitrogens with two attached hydrogens (primary N) is 1. The van der Waals surface area contributed by atoms with E-state index in [1.807, 2.05) is 30.3 Å². The number of nitrogens with zero attached hydrogens (tertiary/aromatic N) is 2. The zero-order chi connectivity index (χ0) is 18.8. The number of aryl methyl sites for hydroxylation is 1. The summed E-state index contributed by atoms with van der Waals surface area (Å²) in [6.45, 7) is 0. The molecular formula is C18H16F3N3O2. The summed E-state index contributed by atoms with van der Waals surface area (Å²) in [6.07, 6.45) is 1.46. The lowest BCUT2D eigenvalue weighted by Crippen LogP contribution is -2.36. The highest BCUT2D eigenvalue weighted by Gasteiger charge is 2.39. The Hall–Kier alpha value is -2.90. The van der Waals surface area contributed by atoms with E-state index in [1.165, 1.54) is 6.08 Å². The Morgan fingerprint density at radius 3 is 2.54 bits per heavy atom. The van der Waals surface area contributed by atoms with Crippen LogP contribution in [0.3, 0.4) is 0 Å². The van der Waals surface area contributed by atoms with Gasteiger partial charge in [-0.1, -0.05) is 53.7 Å². The Morgan fingerprint density at radius 1 is 1.27 bits per heavy atom. The van der Waals surface area contributed by atoms with Gasteiger partial charge in [0.1, 0.15) is 0 Å². The van der Waals surface area contributed by atoms with Crippen molar-refractivity contribution in [2.24, 2.45) is 11.1 Å². The number of hydrogen-bond acceptors (Lipinski definition) is 4. The molecule has 0 fully saturated rings. The van der Waals surface area contributed by atoms with E-state index in [0.29, 0.717) is 18.4 Å². The molecule has 1 aliphatic carbocycles. The van der Waals surface area contributed by atoms with E-state index in [-0.39, 0.29) is 12.2 Å². The number of carbonyl (C=O) groups excluding carboxylic acids is 1. The van der Waals surface area contributed by atoms with Crippen LogP contribution >= 0.6 is 0 Å². The fourth-order valence-corrected chi connectivity index (χ4v) is 2.80. The van der Waals surface area contributed by atoms with Crippen LogP contribution in [0.15, 0.2) is 53.1 Å². The normalized spacial score (nSPS) is 20.0. The summed E-state index contributed by atoms with van der Waals surface area (Å²) in [5.74, 6) is -2.06. The summed E-state index contributed by atoms with van der Waals surface area (Å²) in [5, 5.41) is 3.35. The predicted octanol–water partition coefficient (Wildman–Crippen LogP) is 3.54. The number of carbonyl (C=O) groups is 1. The average molecular weight is 363 g/mol. The molecule has 0 saturated heterocycles. The third-order valence-electron chi connectivity index (χ3n) is 4.39. The predicted molar refractivity (Wildman–Crippen MR) is 87.4 cm³/mol. The monoisotopic (exact) mass is 363 g/mol. The quantitative estimate of drug-likeness (QED) is 0.881. The molecule has 1 aromatic carbocycles. The van der Waals surface area contributed by atoms with E-state index in [0.717, 1.165) is 5.56 Å². The van der Waals surface area contributed by atoms with Crippen molar-refractivity contribution in [2.45, 2.75) is 25.4 Å². The van der Waals surface area contributed by atoms with Crippen LogP contribution in [0.2, 0.25) is 0 Å². The van der Waals surface area contributed by atoms with E-state index in [4.69, 9.17) is 5.73 Å². The van der Waals surface area contributed by atoms with Gasteiger partial charge in [0.2, 0.25) is 11.7 Å². The van der Waals surface area contributed by atoms with Gasteiger partial charge in [0.05, 0.1) is 5.41 Å². The first-order chi connectivity index (χ1) is 12.3. The molecule has 1 heterocycles. The minimum atomic E-state index is -4.70. The second-order valence-electron chi connectivity index (χ2n) is 6.12. The lowest BCUT2D eigenvalue weighted by atomic mass is 9.75. The van der Waals surface area contributed by atoms with E-state index >= 15 is 0 Å². The number of benzene rings is 1. The van der Waals surface area contributed by atoms with Crippen LogP contribution in [-0.2, 0) is 17.4 Å². The first-order valence-corrected chi connectivity index (χ1v) is 7.95. The van der Waals surface area contributed by atoms with Crippen molar-refractivity contribution >= 4 is 11.5 Å². The second-order valence-corrected chi connectivity index (χ2v) is 6.12. The summed E-state index contributed by atoms with van der Waals surface area (Å²) in [5.41, 5.74) is 6.14. The standard InChI is InChI=1S/C18H16F3N3O2/c19-18(20,21)16-23-14(24-26-16)13-7-10-17(11-8-13,15(22)25)9-6-12-4-2-1-3-5-12/h1-5,7-8,10H,6,9,11H2,(H2,22,25). The van der Waals surface area contributed by atoms with Crippen molar-refractivity contribution < 1.29 is 22.5 Å². The van der Waals surface area contributed by atoms with Crippen molar-refractivity contribution in [3.63, 3.8) is 0 Å². The fourth-order valence-electron chi connectivity index (χ4n) is 2.80. The Bertz CT molecular complexity index is 856. The van der Waals surface area contributed by atoms with Crippen molar-refractivity contribution in [3.05, 3.63) is 65.8 Å². The Kier molecular flexibility index (Phi) is 4.67. The minimum Gasteiger partial charge on any atom is -0.369 e. The molecule has 0 saturated carbocycles. The van der Waals surface area contributed by atoms with Gasteiger partial charge >= 0.3 is 12.1 Å².